The van der Waals surface area contributed by atoms with Crippen molar-refractivity contribution in [1.82, 2.24) is 0 Å². The molecule has 0 aromatic carbocycles. The molecule has 1 nitrogen and oxygen atoms in total. The van der Waals surface area contributed by atoms with Gasteiger partial charge in [0, 0.05) is 11.9 Å². The second-order valence-corrected chi connectivity index (χ2v) is 4.98. The maximum atomic E-state index is 2.28. The monoisotopic (exact) mass is 197 g/mol. The molecule has 1 aromatic heterocycles. The molecule has 1 aromatic rings. The predicted molar refractivity (Wildman–Crippen MR) is 57.0 cm³/mol. The molecule has 0 unspecified atom stereocenters. The summed E-state index contributed by atoms with van der Waals surface area (Å²) < 4.78 is 0. The molecule has 0 saturated heterocycles. The molecule has 1 aliphatic heterocycles. The second-order valence-electron chi connectivity index (χ2n) is 3.06. The van der Waals surface area contributed by atoms with E-state index in [1.807, 2.05) is 23.1 Å². The van der Waals surface area contributed by atoms with Gasteiger partial charge in [-0.25, -0.2) is 0 Å². The molecule has 12 heavy (non-hydrogen) atoms. The molecule has 0 fully saturated rings. The van der Waals surface area contributed by atoms with E-state index in [-0.39, 0.29) is 0 Å². The van der Waals surface area contributed by atoms with Crippen LogP contribution in [-0.4, -0.2) is 7.05 Å². The SMILES string of the molecule is CC(C)=C1Sc2ccsc2N1C. The topological polar surface area (TPSA) is 3.24 Å². The number of nitrogens with zero attached hydrogens (tertiary/aromatic N) is 1. The highest BCUT2D eigenvalue weighted by atomic mass is 32.2. The minimum Gasteiger partial charge on any atom is -0.330 e. The van der Waals surface area contributed by atoms with Crippen LogP contribution in [0.15, 0.2) is 26.9 Å². The van der Waals surface area contributed by atoms with Crippen LogP contribution in [0.5, 0.6) is 0 Å². The Hall–Kier alpha value is -0.410. The van der Waals surface area contributed by atoms with Gasteiger partial charge in [0.1, 0.15) is 5.00 Å². The number of hydrogen-bond donors (Lipinski definition) is 0. The van der Waals surface area contributed by atoms with Gasteiger partial charge in [-0.15, -0.1) is 11.3 Å². The average Bonchev–Trinajstić information content (AvgIpc) is 2.53. The zero-order valence-corrected chi connectivity index (χ0v) is 9.05. The van der Waals surface area contributed by atoms with Gasteiger partial charge in [0.05, 0.1) is 5.03 Å². The summed E-state index contributed by atoms with van der Waals surface area (Å²) in [4.78, 5) is 3.68. The van der Waals surface area contributed by atoms with Crippen molar-refractivity contribution in [2.75, 3.05) is 11.9 Å². The molecule has 64 valence electrons. The highest BCUT2D eigenvalue weighted by Crippen LogP contribution is 2.49. The van der Waals surface area contributed by atoms with Crippen molar-refractivity contribution in [3.63, 3.8) is 0 Å². The van der Waals surface area contributed by atoms with Crippen LogP contribution in [0.3, 0.4) is 0 Å². The van der Waals surface area contributed by atoms with Crippen LogP contribution >= 0.6 is 23.1 Å². The van der Waals surface area contributed by atoms with Crippen molar-refractivity contribution in [2.24, 2.45) is 0 Å². The molecule has 2 heterocycles. The lowest BCUT2D eigenvalue weighted by Crippen LogP contribution is -2.09. The van der Waals surface area contributed by atoms with Crippen LogP contribution < -0.4 is 4.90 Å². The van der Waals surface area contributed by atoms with E-state index in [9.17, 15) is 0 Å². The predicted octanol–water partition coefficient (Wildman–Crippen LogP) is 3.54. The molecule has 0 saturated carbocycles. The molecular formula is C9H11NS2. The molecule has 0 aliphatic carbocycles. The van der Waals surface area contributed by atoms with Crippen molar-refractivity contribution in [3.8, 4) is 0 Å². The first-order valence-electron chi connectivity index (χ1n) is 3.86. The molecule has 1 aliphatic rings. The molecule has 0 N–H and O–H groups in total. The quantitative estimate of drug-likeness (QED) is 0.626. The first kappa shape index (κ1) is 8.20. The first-order chi connectivity index (χ1) is 5.70. The van der Waals surface area contributed by atoms with E-state index in [0.717, 1.165) is 0 Å². The van der Waals surface area contributed by atoms with Crippen molar-refractivity contribution in [1.29, 1.82) is 0 Å². The molecule has 3 heteroatoms. The standard InChI is InChI=1S/C9H11NS2/c1-6(2)8-10(3)9-7(12-8)4-5-11-9/h4-5H,1-3H3. The minimum atomic E-state index is 1.39. The van der Waals surface area contributed by atoms with Gasteiger partial charge in [0.2, 0.25) is 0 Å². The summed E-state index contributed by atoms with van der Waals surface area (Å²) in [5.74, 6) is 0. The fraction of sp³-hybridized carbons (Fsp3) is 0.333. The summed E-state index contributed by atoms with van der Waals surface area (Å²) in [6.07, 6.45) is 0. The molecule has 2 rings (SSSR count). The summed E-state index contributed by atoms with van der Waals surface area (Å²) in [6, 6.07) is 2.19. The van der Waals surface area contributed by atoms with Gasteiger partial charge in [-0.05, 0) is 30.9 Å². The van der Waals surface area contributed by atoms with E-state index in [4.69, 9.17) is 0 Å². The van der Waals surface area contributed by atoms with Crippen molar-refractivity contribution < 1.29 is 0 Å². The smallest absolute Gasteiger partial charge is 0.110 e. The van der Waals surface area contributed by atoms with Gasteiger partial charge in [0.25, 0.3) is 0 Å². The van der Waals surface area contributed by atoms with Crippen LogP contribution in [0.25, 0.3) is 0 Å². The molecule has 0 amide bonds. The van der Waals surface area contributed by atoms with Crippen LogP contribution in [0, 0.1) is 0 Å². The van der Waals surface area contributed by atoms with Gasteiger partial charge in [-0.2, -0.15) is 0 Å². The van der Waals surface area contributed by atoms with Crippen molar-refractivity contribution in [3.05, 3.63) is 22.0 Å². The van der Waals surface area contributed by atoms with E-state index in [0.29, 0.717) is 0 Å². The molecular weight excluding hydrogens is 186 g/mol. The number of thioether (sulfide) groups is 1. The third kappa shape index (κ3) is 1.08. The fourth-order valence-corrected chi connectivity index (χ4v) is 3.49. The van der Waals surface area contributed by atoms with Crippen molar-refractivity contribution >= 4 is 28.1 Å². The van der Waals surface area contributed by atoms with E-state index >= 15 is 0 Å². The second kappa shape index (κ2) is 2.82. The van der Waals surface area contributed by atoms with Crippen LogP contribution in [0.2, 0.25) is 0 Å². The van der Waals surface area contributed by atoms with Gasteiger partial charge < -0.3 is 4.90 Å². The first-order valence-corrected chi connectivity index (χ1v) is 5.56. The van der Waals surface area contributed by atoms with Crippen LogP contribution in [0.1, 0.15) is 13.8 Å². The zero-order chi connectivity index (χ0) is 8.72. The maximum absolute atomic E-state index is 2.28. The molecule has 0 atom stereocenters. The van der Waals surface area contributed by atoms with Gasteiger partial charge in [0.15, 0.2) is 0 Å². The molecule has 0 radical (unpaired) electrons. The van der Waals surface area contributed by atoms with E-state index < -0.39 is 0 Å². The van der Waals surface area contributed by atoms with E-state index in [2.05, 4.69) is 37.2 Å². The lowest BCUT2D eigenvalue weighted by Gasteiger charge is -2.13. The third-order valence-electron chi connectivity index (χ3n) is 1.85. The Morgan fingerprint density at radius 2 is 2.17 bits per heavy atom. The number of fused-ring (bicyclic) bond motifs is 1. The Labute approximate surface area is 81.1 Å². The highest BCUT2D eigenvalue weighted by Gasteiger charge is 2.23. The van der Waals surface area contributed by atoms with Crippen LogP contribution in [0.4, 0.5) is 5.00 Å². The van der Waals surface area contributed by atoms with E-state index in [1.54, 1.807) is 0 Å². The number of thiophene rings is 1. The number of anilines is 1. The highest BCUT2D eigenvalue weighted by molar-refractivity contribution is 8.04. The Morgan fingerprint density at radius 1 is 1.42 bits per heavy atom. The Morgan fingerprint density at radius 3 is 2.75 bits per heavy atom. The fourth-order valence-electron chi connectivity index (χ4n) is 1.31. The summed E-state index contributed by atoms with van der Waals surface area (Å²) in [5.41, 5.74) is 1.39. The summed E-state index contributed by atoms with van der Waals surface area (Å²) >= 11 is 3.69. The number of rotatable bonds is 0. The summed E-state index contributed by atoms with van der Waals surface area (Å²) in [7, 11) is 2.14. The largest absolute Gasteiger partial charge is 0.330 e. The van der Waals surface area contributed by atoms with Crippen LogP contribution in [-0.2, 0) is 0 Å². The van der Waals surface area contributed by atoms with Gasteiger partial charge >= 0.3 is 0 Å². The lowest BCUT2D eigenvalue weighted by atomic mass is 10.4. The summed E-state index contributed by atoms with van der Waals surface area (Å²) in [6.45, 7) is 4.32. The number of allylic oxidation sites excluding steroid dienone is 1. The van der Waals surface area contributed by atoms with Gasteiger partial charge in [-0.1, -0.05) is 11.8 Å². The normalized spacial score (nSPS) is 15.2. The van der Waals surface area contributed by atoms with Gasteiger partial charge in [-0.3, -0.25) is 0 Å². The third-order valence-corrected chi connectivity index (χ3v) is 4.40. The maximum Gasteiger partial charge on any atom is 0.110 e. The Kier molecular flexibility index (Phi) is 1.93. The Bertz CT molecular complexity index is 334. The number of hydrogen-bond acceptors (Lipinski definition) is 3. The van der Waals surface area contributed by atoms with Crippen molar-refractivity contribution in [2.45, 2.75) is 18.7 Å². The molecule has 0 bridgehead atoms. The lowest BCUT2D eigenvalue weighted by molar-refractivity contribution is 1.16. The molecule has 0 spiro atoms. The minimum absolute atomic E-state index is 1.39. The van der Waals surface area contributed by atoms with E-state index in [1.165, 1.54) is 20.5 Å². The average molecular weight is 197 g/mol. The zero-order valence-electron chi connectivity index (χ0n) is 7.42. The Balaban J connectivity index is 2.46. The summed E-state index contributed by atoms with van der Waals surface area (Å²) in [5, 5.41) is 4.92.